The fraction of sp³-hybridized carbons (Fsp3) is 0.371. The van der Waals surface area contributed by atoms with Gasteiger partial charge in [0.15, 0.2) is 0 Å². The molecule has 0 radical (unpaired) electrons. The van der Waals surface area contributed by atoms with Crippen molar-refractivity contribution < 1.29 is 19.0 Å². The van der Waals surface area contributed by atoms with Crippen molar-refractivity contribution >= 4 is 16.5 Å². The maximum Gasteiger partial charge on any atom is 0.132 e. The summed E-state index contributed by atoms with van der Waals surface area (Å²) in [5, 5.41) is 23.3. The molecule has 0 amide bonds. The lowest BCUT2D eigenvalue weighted by Gasteiger charge is -2.29. The molecule has 3 nitrogen and oxygen atoms in total. The van der Waals surface area contributed by atoms with Crippen molar-refractivity contribution in [3.8, 4) is 11.5 Å². The van der Waals surface area contributed by atoms with Crippen LogP contribution in [0.15, 0.2) is 54.6 Å². The Morgan fingerprint density at radius 2 is 1.43 bits per heavy atom. The second-order valence-electron chi connectivity index (χ2n) is 13.7. The second-order valence-corrected chi connectivity index (χ2v) is 13.7. The van der Waals surface area contributed by atoms with E-state index in [-0.39, 0.29) is 34.7 Å². The SMILES string of the molecule is CC(C)(C)c1c(N)ccc(CC(C)(C)c2c(O)cc(Cc3cccc4cc(O)cc(C(C)(C)C)c34)cc2F)c1F. The normalized spacial score (nSPS) is 12.8. The van der Waals surface area contributed by atoms with Crippen LogP contribution in [0.1, 0.15) is 88.8 Å². The van der Waals surface area contributed by atoms with Gasteiger partial charge in [0.05, 0.1) is 0 Å². The Balaban J connectivity index is 1.73. The van der Waals surface area contributed by atoms with Gasteiger partial charge in [0.1, 0.15) is 23.1 Å². The zero-order valence-corrected chi connectivity index (χ0v) is 24.8. The average molecular weight is 546 g/mol. The summed E-state index contributed by atoms with van der Waals surface area (Å²) in [7, 11) is 0. The topological polar surface area (TPSA) is 66.5 Å². The number of benzene rings is 4. The van der Waals surface area contributed by atoms with E-state index in [0.29, 0.717) is 28.8 Å². The first kappa shape index (κ1) is 29.4. The zero-order chi connectivity index (χ0) is 29.8. The number of halogens is 2. The van der Waals surface area contributed by atoms with E-state index < -0.39 is 16.6 Å². The predicted molar refractivity (Wildman–Crippen MR) is 161 cm³/mol. The number of rotatable bonds is 5. The van der Waals surface area contributed by atoms with E-state index in [0.717, 1.165) is 21.9 Å². The Bertz CT molecular complexity index is 1570. The number of phenols is 2. The molecule has 0 heterocycles. The number of hydrogen-bond donors (Lipinski definition) is 3. The van der Waals surface area contributed by atoms with Crippen LogP contribution in [0.25, 0.3) is 10.8 Å². The van der Waals surface area contributed by atoms with E-state index in [1.807, 2.05) is 52.8 Å². The zero-order valence-electron chi connectivity index (χ0n) is 24.8. The van der Waals surface area contributed by atoms with Crippen molar-refractivity contribution in [3.63, 3.8) is 0 Å². The molecule has 0 aliphatic heterocycles. The minimum Gasteiger partial charge on any atom is -0.508 e. The molecule has 0 spiro atoms. The molecule has 4 aromatic carbocycles. The molecule has 4 rings (SSSR count). The van der Waals surface area contributed by atoms with Crippen LogP contribution in [0, 0.1) is 11.6 Å². The summed E-state index contributed by atoms with van der Waals surface area (Å²) < 4.78 is 31.4. The lowest BCUT2D eigenvalue weighted by Crippen LogP contribution is -2.25. The predicted octanol–water partition coefficient (Wildman–Crippen LogP) is 8.82. The maximum absolute atomic E-state index is 15.8. The monoisotopic (exact) mass is 545 g/mol. The van der Waals surface area contributed by atoms with E-state index >= 15 is 8.78 Å². The van der Waals surface area contributed by atoms with Gasteiger partial charge >= 0.3 is 0 Å². The van der Waals surface area contributed by atoms with Crippen LogP contribution in [-0.4, -0.2) is 10.2 Å². The first-order valence-corrected chi connectivity index (χ1v) is 13.7. The van der Waals surface area contributed by atoms with Gasteiger partial charge in [-0.2, -0.15) is 0 Å². The fourth-order valence-electron chi connectivity index (χ4n) is 5.96. The number of nitrogen functional groups attached to an aromatic ring is 1. The van der Waals surface area contributed by atoms with Gasteiger partial charge in [0, 0.05) is 22.2 Å². The molecule has 5 heteroatoms. The van der Waals surface area contributed by atoms with Crippen LogP contribution >= 0.6 is 0 Å². The third-order valence-electron chi connectivity index (χ3n) is 7.69. The highest BCUT2D eigenvalue weighted by atomic mass is 19.1. The number of anilines is 1. The Hall–Kier alpha value is -3.60. The summed E-state index contributed by atoms with van der Waals surface area (Å²) in [6.07, 6.45) is 0.589. The number of fused-ring (bicyclic) bond motifs is 1. The second kappa shape index (κ2) is 10.1. The van der Waals surface area contributed by atoms with Gasteiger partial charge in [-0.25, -0.2) is 8.78 Å². The van der Waals surface area contributed by atoms with E-state index in [4.69, 9.17) is 5.73 Å². The highest BCUT2D eigenvalue weighted by Gasteiger charge is 2.32. The summed E-state index contributed by atoms with van der Waals surface area (Å²) in [6, 6.07) is 15.8. The van der Waals surface area contributed by atoms with Crippen LogP contribution in [0.2, 0.25) is 0 Å². The van der Waals surface area contributed by atoms with Crippen molar-refractivity contribution in [2.24, 2.45) is 0 Å². The van der Waals surface area contributed by atoms with E-state index in [9.17, 15) is 10.2 Å². The molecule has 0 unspecified atom stereocenters. The summed E-state index contributed by atoms with van der Waals surface area (Å²) >= 11 is 0. The van der Waals surface area contributed by atoms with Gasteiger partial charge in [-0.1, -0.05) is 79.7 Å². The molecule has 0 saturated heterocycles. The number of aromatic hydroxyl groups is 2. The molecule has 212 valence electrons. The Kier molecular flexibility index (Phi) is 7.42. The molecular formula is C35H41F2NO2. The first-order valence-electron chi connectivity index (χ1n) is 13.7. The summed E-state index contributed by atoms with van der Waals surface area (Å²) in [6.45, 7) is 15.6. The van der Waals surface area contributed by atoms with Crippen molar-refractivity contribution in [1.82, 2.24) is 0 Å². The molecular weight excluding hydrogens is 504 g/mol. The Labute approximate surface area is 236 Å². The average Bonchev–Trinajstić information content (AvgIpc) is 2.78. The molecule has 0 atom stereocenters. The van der Waals surface area contributed by atoms with Crippen LogP contribution in [0.4, 0.5) is 14.5 Å². The maximum atomic E-state index is 15.8. The van der Waals surface area contributed by atoms with E-state index in [1.165, 1.54) is 6.07 Å². The molecule has 0 fully saturated rings. The Morgan fingerprint density at radius 3 is 2.02 bits per heavy atom. The fourth-order valence-corrected chi connectivity index (χ4v) is 5.96. The molecule has 40 heavy (non-hydrogen) atoms. The quantitative estimate of drug-likeness (QED) is 0.220. The molecule has 0 saturated carbocycles. The van der Waals surface area contributed by atoms with Gasteiger partial charge in [-0.15, -0.1) is 0 Å². The standard InChI is InChI=1S/C35H41F2NO2/c1-33(2,3)25-18-24(39)17-22-11-9-10-21(29(22)25)14-20-15-26(36)30(28(40)16-20)35(7,8)19-23-12-13-27(38)31(32(23)37)34(4,5)6/h9-13,15-18,39-40H,14,19,38H2,1-8H3. The van der Waals surface area contributed by atoms with Crippen molar-refractivity contribution in [2.75, 3.05) is 5.73 Å². The highest BCUT2D eigenvalue weighted by Crippen LogP contribution is 2.41. The van der Waals surface area contributed by atoms with Crippen molar-refractivity contribution in [2.45, 2.75) is 84.5 Å². The molecule has 4 N–H and O–H groups in total. The first-order chi connectivity index (χ1) is 18.4. The molecule has 0 aliphatic rings. The lowest BCUT2D eigenvalue weighted by atomic mass is 9.76. The van der Waals surface area contributed by atoms with Gasteiger partial charge in [-0.05, 0) is 87.0 Å². The van der Waals surface area contributed by atoms with Crippen LogP contribution in [-0.2, 0) is 29.1 Å². The van der Waals surface area contributed by atoms with Gasteiger partial charge in [0.25, 0.3) is 0 Å². The van der Waals surface area contributed by atoms with Crippen LogP contribution in [0.5, 0.6) is 11.5 Å². The molecule has 0 aliphatic carbocycles. The van der Waals surface area contributed by atoms with Crippen molar-refractivity contribution in [1.29, 1.82) is 0 Å². The molecule has 0 bridgehead atoms. The number of hydrogen-bond acceptors (Lipinski definition) is 3. The smallest absolute Gasteiger partial charge is 0.132 e. The third kappa shape index (κ3) is 5.65. The Morgan fingerprint density at radius 1 is 0.750 bits per heavy atom. The highest BCUT2D eigenvalue weighted by molar-refractivity contribution is 5.91. The van der Waals surface area contributed by atoms with E-state index in [1.54, 1.807) is 30.3 Å². The van der Waals surface area contributed by atoms with Gasteiger partial charge < -0.3 is 15.9 Å². The van der Waals surface area contributed by atoms with Crippen LogP contribution < -0.4 is 5.73 Å². The van der Waals surface area contributed by atoms with Gasteiger partial charge in [0.2, 0.25) is 0 Å². The molecule has 0 aromatic heterocycles. The lowest BCUT2D eigenvalue weighted by molar-refractivity contribution is 0.407. The summed E-state index contributed by atoms with van der Waals surface area (Å²) in [5.74, 6) is -0.854. The minimum absolute atomic E-state index is 0.152. The largest absolute Gasteiger partial charge is 0.508 e. The van der Waals surface area contributed by atoms with Gasteiger partial charge in [-0.3, -0.25) is 0 Å². The number of phenolic OH excluding ortho intramolecular Hbond substituents is 2. The van der Waals surface area contributed by atoms with E-state index in [2.05, 4.69) is 20.8 Å². The summed E-state index contributed by atoms with van der Waals surface area (Å²) in [4.78, 5) is 0. The minimum atomic E-state index is -0.894. The number of nitrogens with two attached hydrogens (primary N) is 1. The molecule has 4 aromatic rings. The summed E-state index contributed by atoms with van der Waals surface area (Å²) in [5.41, 5.74) is 8.52. The van der Waals surface area contributed by atoms with Crippen molar-refractivity contribution in [3.05, 3.63) is 99.6 Å². The van der Waals surface area contributed by atoms with Crippen LogP contribution in [0.3, 0.4) is 0 Å². The third-order valence-corrected chi connectivity index (χ3v) is 7.69.